The van der Waals surface area contributed by atoms with Crippen LogP contribution in [0.15, 0.2) is 85.3 Å². The number of hydrogen-bond donors (Lipinski definition) is 0. The van der Waals surface area contributed by atoms with Crippen molar-refractivity contribution in [2.24, 2.45) is 0 Å². The predicted molar refractivity (Wildman–Crippen MR) is 140 cm³/mol. The van der Waals surface area contributed by atoms with E-state index in [4.69, 9.17) is 9.97 Å². The summed E-state index contributed by atoms with van der Waals surface area (Å²) in [5, 5.41) is 2.13. The maximum atomic E-state index is 5.28. The Morgan fingerprint density at radius 3 is 2.46 bits per heavy atom. The van der Waals surface area contributed by atoms with Gasteiger partial charge in [-0.3, -0.25) is 14.4 Å². The van der Waals surface area contributed by atoms with Crippen molar-refractivity contribution in [3.63, 3.8) is 0 Å². The summed E-state index contributed by atoms with van der Waals surface area (Å²) in [6, 6.07) is 24.3. The predicted octanol–water partition coefficient (Wildman–Crippen LogP) is 6.73. The highest BCUT2D eigenvalue weighted by Gasteiger charge is 2.30. The lowest BCUT2D eigenvalue weighted by Gasteiger charge is -2.10. The van der Waals surface area contributed by atoms with Crippen LogP contribution in [0, 0.1) is 0 Å². The van der Waals surface area contributed by atoms with E-state index in [2.05, 4.69) is 64.0 Å². The minimum absolute atomic E-state index is 0.910. The number of nitrogens with zero attached hydrogens (tertiary/aromatic N) is 4. The lowest BCUT2D eigenvalue weighted by atomic mass is 9.94. The first-order chi connectivity index (χ1) is 17.4. The summed E-state index contributed by atoms with van der Waals surface area (Å²) < 4.78 is 2.27. The number of aromatic nitrogens is 4. The van der Waals surface area contributed by atoms with Gasteiger partial charge in [-0.05, 0) is 75.2 Å². The average molecular weight is 447 g/mol. The molecule has 0 spiro atoms. The van der Waals surface area contributed by atoms with Crippen LogP contribution in [0.25, 0.3) is 60.7 Å². The fourth-order valence-corrected chi connectivity index (χ4v) is 6.51. The maximum absolute atomic E-state index is 5.28. The van der Waals surface area contributed by atoms with Gasteiger partial charge in [0.05, 0.1) is 22.1 Å². The van der Waals surface area contributed by atoms with Crippen LogP contribution in [0.2, 0.25) is 0 Å². The first kappa shape index (κ1) is 17.8. The summed E-state index contributed by atoms with van der Waals surface area (Å²) in [6.45, 7) is 0. The quantitative estimate of drug-likeness (QED) is 0.243. The van der Waals surface area contributed by atoms with E-state index in [1.807, 2.05) is 30.7 Å². The molecule has 0 atom stereocenters. The van der Waals surface area contributed by atoms with Crippen LogP contribution in [0.1, 0.15) is 22.3 Å². The second kappa shape index (κ2) is 6.10. The second-order valence-electron chi connectivity index (χ2n) is 9.67. The molecule has 0 amide bonds. The van der Waals surface area contributed by atoms with Crippen molar-refractivity contribution < 1.29 is 0 Å². The van der Waals surface area contributed by atoms with Gasteiger partial charge in [0.15, 0.2) is 0 Å². The zero-order valence-corrected chi connectivity index (χ0v) is 18.8. The van der Waals surface area contributed by atoms with E-state index >= 15 is 0 Å². The largest absolute Gasteiger partial charge is 0.290 e. The van der Waals surface area contributed by atoms with Crippen LogP contribution in [-0.4, -0.2) is 19.4 Å². The van der Waals surface area contributed by atoms with Crippen molar-refractivity contribution >= 4 is 38.5 Å². The van der Waals surface area contributed by atoms with Gasteiger partial charge in [0.2, 0.25) is 0 Å². The van der Waals surface area contributed by atoms with Crippen LogP contribution in [0.5, 0.6) is 0 Å². The Balaban J connectivity index is 1.42. The van der Waals surface area contributed by atoms with Crippen LogP contribution in [0.4, 0.5) is 0 Å². The molecule has 0 fully saturated rings. The first-order valence-corrected chi connectivity index (χ1v) is 12.0. The van der Waals surface area contributed by atoms with Gasteiger partial charge in [-0.1, -0.05) is 42.5 Å². The second-order valence-corrected chi connectivity index (χ2v) is 9.67. The Morgan fingerprint density at radius 2 is 1.49 bits per heavy atom. The van der Waals surface area contributed by atoms with Gasteiger partial charge in [0, 0.05) is 35.8 Å². The Hall–Kier alpha value is -4.57. The van der Waals surface area contributed by atoms with E-state index < -0.39 is 0 Å². The van der Waals surface area contributed by atoms with E-state index in [1.165, 1.54) is 44.5 Å². The molecule has 4 aromatic heterocycles. The average Bonchev–Trinajstić information content (AvgIpc) is 3.59. The molecule has 4 nitrogen and oxygen atoms in total. The molecule has 0 saturated carbocycles. The minimum atomic E-state index is 0.910. The smallest absolute Gasteiger partial charge is 0.148 e. The molecule has 0 saturated heterocycles. The van der Waals surface area contributed by atoms with Gasteiger partial charge >= 0.3 is 0 Å². The number of pyridine rings is 3. The first-order valence-electron chi connectivity index (χ1n) is 12.0. The molecule has 0 N–H and O–H groups in total. The molecule has 2 aliphatic rings. The van der Waals surface area contributed by atoms with Crippen molar-refractivity contribution in [1.29, 1.82) is 0 Å². The van der Waals surface area contributed by atoms with Crippen LogP contribution >= 0.6 is 0 Å². The molecule has 2 aliphatic carbocycles. The highest BCUT2D eigenvalue weighted by molar-refractivity contribution is 6.12. The zero-order chi connectivity index (χ0) is 22.7. The molecular formula is C31H18N4. The molecule has 0 bridgehead atoms. The molecular weight excluding hydrogens is 428 g/mol. The summed E-state index contributed by atoms with van der Waals surface area (Å²) in [4.78, 5) is 14.4. The minimum Gasteiger partial charge on any atom is -0.290 e. The number of benzene rings is 3. The summed E-state index contributed by atoms with van der Waals surface area (Å²) in [7, 11) is 0. The van der Waals surface area contributed by atoms with Crippen molar-refractivity contribution in [1.82, 2.24) is 19.4 Å². The van der Waals surface area contributed by atoms with Crippen molar-refractivity contribution in [2.45, 2.75) is 12.8 Å². The third-order valence-electron chi connectivity index (χ3n) is 7.96. The Labute approximate surface area is 200 Å². The fourth-order valence-electron chi connectivity index (χ4n) is 6.51. The number of fused-ring (bicyclic) bond motifs is 16. The summed E-state index contributed by atoms with van der Waals surface area (Å²) in [5.74, 6) is 0. The van der Waals surface area contributed by atoms with Gasteiger partial charge in [-0.15, -0.1) is 0 Å². The molecule has 0 radical (unpaired) electrons. The third-order valence-corrected chi connectivity index (χ3v) is 7.96. The molecule has 3 aromatic carbocycles. The van der Waals surface area contributed by atoms with E-state index in [-0.39, 0.29) is 0 Å². The maximum Gasteiger partial charge on any atom is 0.148 e. The van der Waals surface area contributed by atoms with Crippen molar-refractivity contribution in [2.75, 3.05) is 0 Å². The summed E-state index contributed by atoms with van der Waals surface area (Å²) in [5.41, 5.74) is 16.3. The molecule has 7 aromatic rings. The summed E-state index contributed by atoms with van der Waals surface area (Å²) >= 11 is 0. The zero-order valence-electron chi connectivity index (χ0n) is 18.8. The van der Waals surface area contributed by atoms with Crippen LogP contribution in [0.3, 0.4) is 0 Å². The SMILES string of the molecule is c1ccc2c(c1)Cc1ccc3c(c1-2)-c1ccc2c(nc4c5cnccc5c5ncccc5n24)c1C3. The van der Waals surface area contributed by atoms with E-state index in [9.17, 15) is 0 Å². The molecule has 4 heterocycles. The Morgan fingerprint density at radius 1 is 0.629 bits per heavy atom. The third kappa shape index (κ3) is 2.11. The monoisotopic (exact) mass is 446 g/mol. The van der Waals surface area contributed by atoms with Crippen molar-refractivity contribution in [3.05, 3.63) is 108 Å². The highest BCUT2D eigenvalue weighted by Crippen LogP contribution is 2.50. The van der Waals surface area contributed by atoms with Crippen LogP contribution in [-0.2, 0) is 12.8 Å². The Kier molecular flexibility index (Phi) is 3.11. The van der Waals surface area contributed by atoms with Gasteiger partial charge in [0.1, 0.15) is 5.65 Å². The highest BCUT2D eigenvalue weighted by atomic mass is 15.0. The fraction of sp³-hybridized carbons (Fsp3) is 0.0645. The normalized spacial score (nSPS) is 13.5. The molecule has 9 rings (SSSR count). The number of rotatable bonds is 0. The van der Waals surface area contributed by atoms with E-state index in [0.29, 0.717) is 0 Å². The lowest BCUT2D eigenvalue weighted by Crippen LogP contribution is -1.93. The molecule has 0 unspecified atom stereocenters. The molecule has 162 valence electrons. The van der Waals surface area contributed by atoms with Crippen molar-refractivity contribution in [3.8, 4) is 22.3 Å². The lowest BCUT2D eigenvalue weighted by molar-refractivity contribution is 1.24. The topological polar surface area (TPSA) is 43.1 Å². The molecule has 4 heteroatoms. The van der Waals surface area contributed by atoms with Crippen LogP contribution < -0.4 is 0 Å². The van der Waals surface area contributed by atoms with E-state index in [0.717, 1.165) is 51.3 Å². The molecule has 35 heavy (non-hydrogen) atoms. The van der Waals surface area contributed by atoms with Gasteiger partial charge in [0.25, 0.3) is 0 Å². The standard InChI is InChI=1S/C31H18N4/c1-2-5-20-17(4-1)14-18-7-8-19-15-23-21(28(19)27(18)20)9-10-26-30(23)34-31-24-16-32-13-11-22(24)29-25(35(26)31)6-3-12-33-29/h1-13,16H,14-15H2. The number of hydrogen-bond acceptors (Lipinski definition) is 3. The van der Waals surface area contributed by atoms with Gasteiger partial charge in [-0.25, -0.2) is 4.98 Å². The molecule has 0 aliphatic heterocycles. The van der Waals surface area contributed by atoms with Gasteiger partial charge in [-0.2, -0.15) is 0 Å². The number of imidazole rings is 1. The van der Waals surface area contributed by atoms with Gasteiger partial charge < -0.3 is 0 Å². The van der Waals surface area contributed by atoms with E-state index in [1.54, 1.807) is 0 Å². The summed E-state index contributed by atoms with van der Waals surface area (Å²) in [6.07, 6.45) is 7.54. The Bertz CT molecular complexity index is 2070.